The van der Waals surface area contributed by atoms with Crippen molar-refractivity contribution in [2.45, 2.75) is 33.6 Å². The summed E-state index contributed by atoms with van der Waals surface area (Å²) in [5.41, 5.74) is 0. The summed E-state index contributed by atoms with van der Waals surface area (Å²) >= 11 is 0. The first-order valence-corrected chi connectivity index (χ1v) is 4.85. The van der Waals surface area contributed by atoms with E-state index in [4.69, 9.17) is 4.74 Å². The highest BCUT2D eigenvalue weighted by Crippen LogP contribution is 2.14. The Morgan fingerprint density at radius 3 is 2.54 bits per heavy atom. The SMILES string of the molecule is C=CC(=O)OCCC(C)CC(C)C. The average molecular weight is 184 g/mol. The van der Waals surface area contributed by atoms with Crippen molar-refractivity contribution in [3.63, 3.8) is 0 Å². The third-order valence-electron chi connectivity index (χ3n) is 1.90. The van der Waals surface area contributed by atoms with E-state index < -0.39 is 0 Å². The van der Waals surface area contributed by atoms with Crippen molar-refractivity contribution < 1.29 is 9.53 Å². The molecule has 0 radical (unpaired) electrons. The van der Waals surface area contributed by atoms with Crippen LogP contribution in [0.15, 0.2) is 12.7 Å². The van der Waals surface area contributed by atoms with E-state index in [0.717, 1.165) is 6.42 Å². The smallest absolute Gasteiger partial charge is 0.330 e. The first-order valence-electron chi connectivity index (χ1n) is 4.85. The molecule has 0 aliphatic carbocycles. The summed E-state index contributed by atoms with van der Waals surface area (Å²) in [5.74, 6) is 1.01. The molecule has 0 aromatic rings. The number of esters is 1. The first-order chi connectivity index (χ1) is 6.06. The topological polar surface area (TPSA) is 26.3 Å². The third-order valence-corrected chi connectivity index (χ3v) is 1.90. The Morgan fingerprint density at radius 2 is 2.08 bits per heavy atom. The molecule has 0 amide bonds. The van der Waals surface area contributed by atoms with E-state index in [2.05, 4.69) is 27.4 Å². The van der Waals surface area contributed by atoms with E-state index in [9.17, 15) is 4.79 Å². The number of hydrogen-bond donors (Lipinski definition) is 0. The van der Waals surface area contributed by atoms with Crippen LogP contribution in [0.1, 0.15) is 33.6 Å². The Balaban J connectivity index is 3.41. The summed E-state index contributed by atoms with van der Waals surface area (Å²) in [7, 11) is 0. The predicted molar refractivity (Wildman–Crippen MR) is 54.4 cm³/mol. The van der Waals surface area contributed by atoms with Crippen molar-refractivity contribution in [3.8, 4) is 0 Å². The maximum absolute atomic E-state index is 10.7. The van der Waals surface area contributed by atoms with Gasteiger partial charge in [-0.25, -0.2) is 4.79 Å². The van der Waals surface area contributed by atoms with Gasteiger partial charge in [0.25, 0.3) is 0 Å². The lowest BCUT2D eigenvalue weighted by molar-refractivity contribution is -0.138. The van der Waals surface area contributed by atoms with Crippen LogP contribution in [-0.2, 0) is 9.53 Å². The first kappa shape index (κ1) is 12.2. The van der Waals surface area contributed by atoms with Crippen molar-refractivity contribution >= 4 is 5.97 Å². The largest absolute Gasteiger partial charge is 0.463 e. The Kier molecular flexibility index (Phi) is 6.29. The molecule has 0 fully saturated rings. The summed E-state index contributed by atoms with van der Waals surface area (Å²) in [5, 5.41) is 0. The second kappa shape index (κ2) is 6.70. The van der Waals surface area contributed by atoms with Gasteiger partial charge in [-0.3, -0.25) is 0 Å². The molecule has 0 saturated carbocycles. The molecule has 0 aromatic carbocycles. The normalized spacial score (nSPS) is 12.6. The Hall–Kier alpha value is -0.790. The van der Waals surface area contributed by atoms with Gasteiger partial charge in [0.05, 0.1) is 6.61 Å². The van der Waals surface area contributed by atoms with E-state index in [-0.39, 0.29) is 5.97 Å². The standard InChI is InChI=1S/C11H20O2/c1-5-11(12)13-7-6-10(4)8-9(2)3/h5,9-10H,1,6-8H2,2-4H3. The second-order valence-corrected chi connectivity index (χ2v) is 3.90. The van der Waals surface area contributed by atoms with Crippen molar-refractivity contribution in [2.75, 3.05) is 6.61 Å². The molecule has 0 heterocycles. The van der Waals surface area contributed by atoms with Crippen LogP contribution in [0, 0.1) is 11.8 Å². The zero-order valence-corrected chi connectivity index (χ0v) is 8.88. The van der Waals surface area contributed by atoms with Gasteiger partial charge >= 0.3 is 5.97 Å². The molecular weight excluding hydrogens is 164 g/mol. The van der Waals surface area contributed by atoms with Crippen molar-refractivity contribution in [1.82, 2.24) is 0 Å². The molecule has 0 aromatic heterocycles. The number of ether oxygens (including phenoxy) is 1. The van der Waals surface area contributed by atoms with Gasteiger partial charge in [0.1, 0.15) is 0 Å². The summed E-state index contributed by atoms with van der Waals surface area (Å²) < 4.78 is 4.89. The highest BCUT2D eigenvalue weighted by Gasteiger charge is 2.05. The Bertz CT molecular complexity index is 161. The zero-order valence-electron chi connectivity index (χ0n) is 8.88. The minimum atomic E-state index is -0.322. The van der Waals surface area contributed by atoms with Crippen LogP contribution < -0.4 is 0 Å². The van der Waals surface area contributed by atoms with Crippen molar-refractivity contribution in [1.29, 1.82) is 0 Å². The van der Waals surface area contributed by atoms with Crippen LogP contribution in [0.5, 0.6) is 0 Å². The van der Waals surface area contributed by atoms with Gasteiger partial charge in [-0.05, 0) is 24.7 Å². The van der Waals surface area contributed by atoms with Crippen LogP contribution in [0.25, 0.3) is 0 Å². The molecule has 0 spiro atoms. The monoisotopic (exact) mass is 184 g/mol. The molecule has 2 nitrogen and oxygen atoms in total. The lowest BCUT2D eigenvalue weighted by Gasteiger charge is -2.13. The van der Waals surface area contributed by atoms with Gasteiger partial charge in [-0.2, -0.15) is 0 Å². The van der Waals surface area contributed by atoms with E-state index in [1.807, 2.05) is 0 Å². The molecule has 0 N–H and O–H groups in total. The molecule has 0 aliphatic rings. The summed E-state index contributed by atoms with van der Waals surface area (Å²) in [6, 6.07) is 0. The van der Waals surface area contributed by atoms with E-state index in [0.29, 0.717) is 18.4 Å². The van der Waals surface area contributed by atoms with Gasteiger partial charge in [-0.1, -0.05) is 27.4 Å². The molecular formula is C11H20O2. The quantitative estimate of drug-likeness (QED) is 0.468. The highest BCUT2D eigenvalue weighted by atomic mass is 16.5. The molecule has 2 heteroatoms. The number of hydrogen-bond acceptors (Lipinski definition) is 2. The van der Waals surface area contributed by atoms with E-state index in [1.54, 1.807) is 0 Å². The number of carbonyl (C=O) groups excluding carboxylic acids is 1. The Morgan fingerprint density at radius 1 is 1.46 bits per heavy atom. The van der Waals surface area contributed by atoms with Gasteiger partial charge in [0.2, 0.25) is 0 Å². The lowest BCUT2D eigenvalue weighted by atomic mass is 9.96. The molecule has 1 atom stereocenters. The maximum Gasteiger partial charge on any atom is 0.330 e. The van der Waals surface area contributed by atoms with E-state index >= 15 is 0 Å². The van der Waals surface area contributed by atoms with Gasteiger partial charge in [0.15, 0.2) is 0 Å². The van der Waals surface area contributed by atoms with Crippen LogP contribution >= 0.6 is 0 Å². The summed E-state index contributed by atoms with van der Waals surface area (Å²) in [6.45, 7) is 10.4. The van der Waals surface area contributed by atoms with Crippen molar-refractivity contribution in [2.24, 2.45) is 11.8 Å². The van der Waals surface area contributed by atoms with Crippen molar-refractivity contribution in [3.05, 3.63) is 12.7 Å². The minimum Gasteiger partial charge on any atom is -0.463 e. The minimum absolute atomic E-state index is 0.322. The average Bonchev–Trinajstić information content (AvgIpc) is 2.02. The fourth-order valence-corrected chi connectivity index (χ4v) is 1.34. The van der Waals surface area contributed by atoms with Gasteiger partial charge in [0, 0.05) is 6.08 Å². The molecule has 0 saturated heterocycles. The summed E-state index contributed by atoms with van der Waals surface area (Å²) in [4.78, 5) is 10.7. The van der Waals surface area contributed by atoms with Crippen LogP contribution in [-0.4, -0.2) is 12.6 Å². The number of rotatable bonds is 6. The van der Waals surface area contributed by atoms with Gasteiger partial charge in [-0.15, -0.1) is 0 Å². The summed E-state index contributed by atoms with van der Waals surface area (Å²) in [6.07, 6.45) is 3.33. The fraction of sp³-hybridized carbons (Fsp3) is 0.727. The third kappa shape index (κ3) is 7.57. The molecule has 76 valence electrons. The molecule has 0 rings (SSSR count). The maximum atomic E-state index is 10.7. The van der Waals surface area contributed by atoms with Gasteiger partial charge < -0.3 is 4.74 Å². The molecule has 1 unspecified atom stereocenters. The number of carbonyl (C=O) groups is 1. The second-order valence-electron chi connectivity index (χ2n) is 3.90. The molecule has 0 aliphatic heterocycles. The highest BCUT2D eigenvalue weighted by molar-refractivity contribution is 5.81. The molecule has 13 heavy (non-hydrogen) atoms. The van der Waals surface area contributed by atoms with Crippen LogP contribution in [0.4, 0.5) is 0 Å². The zero-order chi connectivity index (χ0) is 10.3. The molecule has 0 bridgehead atoms. The fourth-order valence-electron chi connectivity index (χ4n) is 1.34. The predicted octanol–water partition coefficient (Wildman–Crippen LogP) is 2.79. The van der Waals surface area contributed by atoms with Crippen LogP contribution in [0.2, 0.25) is 0 Å². The lowest BCUT2D eigenvalue weighted by Crippen LogP contribution is -2.07. The Labute approximate surface area is 81.0 Å². The van der Waals surface area contributed by atoms with E-state index in [1.165, 1.54) is 12.5 Å². The van der Waals surface area contributed by atoms with Crippen LogP contribution in [0.3, 0.4) is 0 Å².